The molecule has 0 saturated heterocycles. The summed E-state index contributed by atoms with van der Waals surface area (Å²) in [5.41, 5.74) is -0.102. The van der Waals surface area contributed by atoms with Crippen LogP contribution in [0.4, 0.5) is 5.69 Å². The highest BCUT2D eigenvalue weighted by molar-refractivity contribution is 5.98. The van der Waals surface area contributed by atoms with E-state index in [1.54, 1.807) is 6.07 Å². The van der Waals surface area contributed by atoms with Crippen LogP contribution in [-0.2, 0) is 0 Å². The molecule has 0 aliphatic heterocycles. The quantitative estimate of drug-likeness (QED) is 0.641. The number of carbonyl (C=O) groups is 1. The van der Waals surface area contributed by atoms with Gasteiger partial charge in [-0.15, -0.1) is 0 Å². The Morgan fingerprint density at radius 2 is 1.89 bits per heavy atom. The smallest absolute Gasteiger partial charge is 0.282 e. The van der Waals surface area contributed by atoms with Gasteiger partial charge in [0.25, 0.3) is 11.6 Å². The molecule has 2 rings (SSSR count). The number of carbonyl (C=O) groups excluding carboxylic acids is 1. The van der Waals surface area contributed by atoms with Crippen molar-refractivity contribution in [2.24, 2.45) is 0 Å². The third kappa shape index (κ3) is 3.29. The SMILES string of the molecule is O=C(N[C@H]1CC[C@@H](O)CC1)c1ccccc1[N+](=O)[O-]. The maximum atomic E-state index is 12.0. The van der Waals surface area contributed by atoms with Gasteiger partial charge in [-0.1, -0.05) is 12.1 Å². The highest BCUT2D eigenvalue weighted by Crippen LogP contribution is 2.21. The molecule has 1 amide bonds. The van der Waals surface area contributed by atoms with Crippen molar-refractivity contribution < 1.29 is 14.8 Å². The van der Waals surface area contributed by atoms with Crippen molar-refractivity contribution in [1.82, 2.24) is 5.32 Å². The molecule has 0 radical (unpaired) electrons. The summed E-state index contributed by atoms with van der Waals surface area (Å²) in [7, 11) is 0. The number of benzene rings is 1. The second-order valence-electron chi connectivity index (χ2n) is 4.75. The molecule has 1 aromatic rings. The van der Waals surface area contributed by atoms with Crippen LogP contribution in [0.3, 0.4) is 0 Å². The summed E-state index contributed by atoms with van der Waals surface area (Å²) in [6.45, 7) is 0. The third-order valence-electron chi connectivity index (χ3n) is 3.38. The van der Waals surface area contributed by atoms with Gasteiger partial charge in [-0.3, -0.25) is 14.9 Å². The molecule has 1 saturated carbocycles. The van der Waals surface area contributed by atoms with Crippen LogP contribution in [-0.4, -0.2) is 28.1 Å². The summed E-state index contributed by atoms with van der Waals surface area (Å²) in [6.07, 6.45) is 2.42. The lowest BCUT2D eigenvalue weighted by molar-refractivity contribution is -0.385. The molecule has 6 heteroatoms. The van der Waals surface area contributed by atoms with Gasteiger partial charge >= 0.3 is 0 Å². The van der Waals surface area contributed by atoms with Crippen LogP contribution < -0.4 is 5.32 Å². The predicted octanol–water partition coefficient (Wildman–Crippen LogP) is 1.63. The van der Waals surface area contributed by atoms with Crippen molar-refractivity contribution in [2.75, 3.05) is 0 Å². The third-order valence-corrected chi connectivity index (χ3v) is 3.38. The first-order valence-corrected chi connectivity index (χ1v) is 6.30. The Morgan fingerprint density at radius 3 is 2.53 bits per heavy atom. The van der Waals surface area contributed by atoms with Crippen molar-refractivity contribution in [2.45, 2.75) is 37.8 Å². The molecular weight excluding hydrogens is 248 g/mol. The Balaban J connectivity index is 2.06. The van der Waals surface area contributed by atoms with Crippen LogP contribution in [0.15, 0.2) is 24.3 Å². The van der Waals surface area contributed by atoms with Crippen molar-refractivity contribution in [3.05, 3.63) is 39.9 Å². The average molecular weight is 264 g/mol. The summed E-state index contributed by atoms with van der Waals surface area (Å²) < 4.78 is 0. The number of hydrogen-bond acceptors (Lipinski definition) is 4. The highest BCUT2D eigenvalue weighted by Gasteiger charge is 2.24. The molecule has 2 N–H and O–H groups in total. The van der Waals surface area contributed by atoms with Crippen LogP contribution in [0.25, 0.3) is 0 Å². The second kappa shape index (κ2) is 5.79. The van der Waals surface area contributed by atoms with Gasteiger partial charge in [0.15, 0.2) is 0 Å². The van der Waals surface area contributed by atoms with Crippen LogP contribution in [0, 0.1) is 10.1 Å². The molecule has 6 nitrogen and oxygen atoms in total. The zero-order valence-corrected chi connectivity index (χ0v) is 10.4. The summed E-state index contributed by atoms with van der Waals surface area (Å²) in [4.78, 5) is 22.3. The van der Waals surface area contributed by atoms with E-state index >= 15 is 0 Å². The summed E-state index contributed by atoms with van der Waals surface area (Å²) in [5.74, 6) is -0.423. The lowest BCUT2D eigenvalue weighted by Gasteiger charge is -2.26. The zero-order valence-electron chi connectivity index (χ0n) is 10.4. The molecule has 1 aromatic carbocycles. The predicted molar refractivity (Wildman–Crippen MR) is 68.8 cm³/mol. The van der Waals surface area contributed by atoms with Gasteiger partial charge in [-0.25, -0.2) is 0 Å². The van der Waals surface area contributed by atoms with E-state index < -0.39 is 10.8 Å². The maximum absolute atomic E-state index is 12.0. The lowest BCUT2D eigenvalue weighted by Crippen LogP contribution is -2.38. The molecule has 1 aliphatic rings. The maximum Gasteiger partial charge on any atom is 0.282 e. The Morgan fingerprint density at radius 1 is 1.26 bits per heavy atom. The first-order chi connectivity index (χ1) is 9.08. The minimum Gasteiger partial charge on any atom is -0.393 e. The Hall–Kier alpha value is -1.95. The fourth-order valence-electron chi connectivity index (χ4n) is 2.31. The molecule has 0 aromatic heterocycles. The van der Waals surface area contributed by atoms with Crippen LogP contribution in [0.2, 0.25) is 0 Å². The van der Waals surface area contributed by atoms with Crippen molar-refractivity contribution in [3.8, 4) is 0 Å². The molecule has 0 bridgehead atoms. The Bertz CT molecular complexity index is 481. The van der Waals surface area contributed by atoms with Gasteiger partial charge in [-0.05, 0) is 31.7 Å². The number of amides is 1. The summed E-state index contributed by atoms with van der Waals surface area (Å²) in [5, 5.41) is 23.0. The van der Waals surface area contributed by atoms with Gasteiger partial charge in [0, 0.05) is 12.1 Å². The topological polar surface area (TPSA) is 92.5 Å². The zero-order chi connectivity index (χ0) is 13.8. The van der Waals surface area contributed by atoms with E-state index in [4.69, 9.17) is 0 Å². The van der Waals surface area contributed by atoms with E-state index in [9.17, 15) is 20.0 Å². The van der Waals surface area contributed by atoms with Gasteiger partial charge in [0.05, 0.1) is 11.0 Å². The first kappa shape index (κ1) is 13.5. The summed E-state index contributed by atoms with van der Waals surface area (Å²) >= 11 is 0. The van der Waals surface area contributed by atoms with Gasteiger partial charge in [0.1, 0.15) is 5.56 Å². The number of nitro benzene ring substituents is 1. The van der Waals surface area contributed by atoms with Gasteiger partial charge < -0.3 is 10.4 Å². The molecule has 0 atom stereocenters. The van der Waals surface area contributed by atoms with Gasteiger partial charge in [-0.2, -0.15) is 0 Å². The minimum atomic E-state index is -0.556. The first-order valence-electron chi connectivity index (χ1n) is 6.30. The van der Waals surface area contributed by atoms with Crippen LogP contribution >= 0.6 is 0 Å². The van der Waals surface area contributed by atoms with E-state index in [0.29, 0.717) is 25.7 Å². The number of nitrogens with zero attached hydrogens (tertiary/aromatic N) is 1. The molecule has 0 unspecified atom stereocenters. The van der Waals surface area contributed by atoms with E-state index in [1.807, 2.05) is 0 Å². The number of aliphatic hydroxyl groups is 1. The monoisotopic (exact) mass is 264 g/mol. The molecule has 102 valence electrons. The number of nitro groups is 1. The van der Waals surface area contributed by atoms with E-state index in [1.165, 1.54) is 18.2 Å². The fourth-order valence-corrected chi connectivity index (χ4v) is 2.31. The van der Waals surface area contributed by atoms with Crippen molar-refractivity contribution in [1.29, 1.82) is 0 Å². The molecule has 1 fully saturated rings. The standard InChI is InChI=1S/C13H16N2O4/c16-10-7-5-9(6-8-10)14-13(17)11-3-1-2-4-12(11)15(18)19/h1-4,9-10,16H,5-8H2,(H,14,17)/t9-,10+. The molecule has 0 heterocycles. The Labute approximate surface area is 110 Å². The Kier molecular flexibility index (Phi) is 4.11. The highest BCUT2D eigenvalue weighted by atomic mass is 16.6. The largest absolute Gasteiger partial charge is 0.393 e. The molecule has 19 heavy (non-hydrogen) atoms. The number of nitrogens with one attached hydrogen (secondary N) is 1. The van der Waals surface area contributed by atoms with Crippen molar-refractivity contribution in [3.63, 3.8) is 0 Å². The normalized spacial score (nSPS) is 22.8. The number of aliphatic hydroxyl groups excluding tert-OH is 1. The molecule has 1 aliphatic carbocycles. The lowest BCUT2D eigenvalue weighted by atomic mass is 9.93. The van der Waals surface area contributed by atoms with Crippen LogP contribution in [0.5, 0.6) is 0 Å². The fraction of sp³-hybridized carbons (Fsp3) is 0.462. The number of para-hydroxylation sites is 1. The molecular formula is C13H16N2O4. The average Bonchev–Trinajstić information content (AvgIpc) is 2.41. The minimum absolute atomic E-state index is 0.0179. The second-order valence-corrected chi connectivity index (χ2v) is 4.75. The van der Waals surface area contributed by atoms with E-state index in [0.717, 1.165) is 0 Å². The summed E-state index contributed by atoms with van der Waals surface area (Å²) in [6, 6.07) is 5.89. The molecule has 0 spiro atoms. The van der Waals surface area contributed by atoms with Gasteiger partial charge in [0.2, 0.25) is 0 Å². The van der Waals surface area contributed by atoms with Crippen molar-refractivity contribution >= 4 is 11.6 Å². The van der Waals surface area contributed by atoms with Crippen LogP contribution in [0.1, 0.15) is 36.0 Å². The number of rotatable bonds is 3. The van der Waals surface area contributed by atoms with E-state index in [-0.39, 0.29) is 23.4 Å². The van der Waals surface area contributed by atoms with E-state index in [2.05, 4.69) is 5.32 Å². The number of hydrogen-bond donors (Lipinski definition) is 2.